The van der Waals surface area contributed by atoms with Crippen LogP contribution < -0.4 is 0 Å². The molecule has 0 spiro atoms. The average Bonchev–Trinajstić information content (AvgIpc) is 3.02. The zero-order valence-corrected chi connectivity index (χ0v) is 15.4. The number of amides is 2. The number of thiophene rings is 1. The van der Waals surface area contributed by atoms with Crippen LogP contribution in [0.3, 0.4) is 0 Å². The smallest absolute Gasteiger partial charge is 0.254 e. The Bertz CT molecular complexity index is 727. The zero-order valence-electron chi connectivity index (χ0n) is 14.6. The van der Waals surface area contributed by atoms with Crippen LogP contribution in [0.5, 0.6) is 0 Å². The van der Waals surface area contributed by atoms with Gasteiger partial charge in [-0.3, -0.25) is 9.59 Å². The topological polar surface area (TPSA) is 40.6 Å². The summed E-state index contributed by atoms with van der Waals surface area (Å²) in [5.74, 6) is 0.268. The van der Waals surface area contributed by atoms with Crippen molar-refractivity contribution < 1.29 is 9.59 Å². The summed E-state index contributed by atoms with van der Waals surface area (Å²) in [7, 11) is 0. The lowest BCUT2D eigenvalue weighted by molar-refractivity contribution is -0.131. The monoisotopic (exact) mass is 356 g/mol. The molecule has 2 heterocycles. The summed E-state index contributed by atoms with van der Waals surface area (Å²) < 4.78 is 0. The minimum atomic E-state index is 0.0750. The van der Waals surface area contributed by atoms with Crippen LogP contribution in [-0.2, 0) is 11.2 Å². The molecule has 0 N–H and O–H groups in total. The molecule has 3 rings (SSSR count). The van der Waals surface area contributed by atoms with Crippen LogP contribution in [0.4, 0.5) is 0 Å². The van der Waals surface area contributed by atoms with Gasteiger partial charge >= 0.3 is 0 Å². The van der Waals surface area contributed by atoms with E-state index in [0.717, 1.165) is 30.5 Å². The van der Waals surface area contributed by atoms with E-state index >= 15 is 0 Å². The molecule has 0 saturated carbocycles. The van der Waals surface area contributed by atoms with E-state index in [-0.39, 0.29) is 11.8 Å². The molecule has 4 nitrogen and oxygen atoms in total. The van der Waals surface area contributed by atoms with Gasteiger partial charge in [0, 0.05) is 43.0 Å². The summed E-state index contributed by atoms with van der Waals surface area (Å²) in [6, 6.07) is 11.8. The number of hydrogen-bond acceptors (Lipinski definition) is 3. The van der Waals surface area contributed by atoms with Crippen molar-refractivity contribution in [3.63, 3.8) is 0 Å². The minimum Gasteiger partial charge on any atom is -0.341 e. The number of carbonyl (C=O) groups is 2. The Morgan fingerprint density at radius 2 is 1.76 bits per heavy atom. The van der Waals surface area contributed by atoms with Crippen LogP contribution in [-0.4, -0.2) is 47.8 Å². The third kappa shape index (κ3) is 4.48. The fraction of sp³-hybridized carbons (Fsp3) is 0.400. The van der Waals surface area contributed by atoms with Crippen molar-refractivity contribution in [2.45, 2.75) is 26.2 Å². The Morgan fingerprint density at radius 1 is 1.00 bits per heavy atom. The molecule has 0 unspecified atom stereocenters. The second kappa shape index (κ2) is 8.30. The van der Waals surface area contributed by atoms with Gasteiger partial charge in [0.05, 0.1) is 0 Å². The lowest BCUT2D eigenvalue weighted by Gasteiger charge is -2.23. The molecule has 1 aromatic carbocycles. The second-order valence-electron chi connectivity index (χ2n) is 6.42. The van der Waals surface area contributed by atoms with E-state index < -0.39 is 0 Å². The first-order valence-electron chi connectivity index (χ1n) is 8.80. The van der Waals surface area contributed by atoms with Gasteiger partial charge in [-0.2, -0.15) is 0 Å². The highest BCUT2D eigenvalue weighted by molar-refractivity contribution is 7.09. The highest BCUT2D eigenvalue weighted by atomic mass is 32.1. The van der Waals surface area contributed by atoms with Gasteiger partial charge in [0.25, 0.3) is 5.91 Å². The molecule has 0 radical (unpaired) electrons. The molecule has 2 aromatic rings. The predicted molar refractivity (Wildman–Crippen MR) is 101 cm³/mol. The Kier molecular flexibility index (Phi) is 5.87. The maximum Gasteiger partial charge on any atom is 0.254 e. The molecule has 1 aromatic heterocycles. The number of nitrogens with zero attached hydrogens (tertiary/aromatic N) is 2. The number of hydrogen-bond donors (Lipinski definition) is 0. The summed E-state index contributed by atoms with van der Waals surface area (Å²) >= 11 is 1.70. The van der Waals surface area contributed by atoms with Crippen molar-refractivity contribution in [1.82, 2.24) is 9.80 Å². The van der Waals surface area contributed by atoms with Crippen molar-refractivity contribution in [3.05, 3.63) is 57.8 Å². The molecule has 5 heteroatoms. The van der Waals surface area contributed by atoms with Crippen molar-refractivity contribution >= 4 is 23.2 Å². The molecular formula is C20H24N2O2S. The van der Waals surface area contributed by atoms with Crippen LogP contribution in [0.25, 0.3) is 0 Å². The summed E-state index contributed by atoms with van der Waals surface area (Å²) in [5.41, 5.74) is 1.76. The third-order valence-corrected chi connectivity index (χ3v) is 5.61. The Labute approximate surface area is 153 Å². The zero-order chi connectivity index (χ0) is 17.6. The van der Waals surface area contributed by atoms with Gasteiger partial charge < -0.3 is 9.80 Å². The summed E-state index contributed by atoms with van der Waals surface area (Å²) in [5, 5.41) is 2.04. The van der Waals surface area contributed by atoms with Crippen molar-refractivity contribution in [2.75, 3.05) is 26.2 Å². The van der Waals surface area contributed by atoms with E-state index in [1.807, 2.05) is 52.4 Å². The van der Waals surface area contributed by atoms with E-state index in [9.17, 15) is 9.59 Å². The molecular weight excluding hydrogens is 332 g/mol. The molecule has 1 saturated heterocycles. The van der Waals surface area contributed by atoms with Gasteiger partial charge in [-0.25, -0.2) is 0 Å². The first kappa shape index (κ1) is 17.7. The quantitative estimate of drug-likeness (QED) is 0.843. The first-order valence-corrected chi connectivity index (χ1v) is 9.68. The number of benzene rings is 1. The Morgan fingerprint density at radius 3 is 2.52 bits per heavy atom. The van der Waals surface area contributed by atoms with E-state index in [1.54, 1.807) is 11.3 Å². The van der Waals surface area contributed by atoms with Crippen LogP contribution in [0.15, 0.2) is 41.8 Å². The van der Waals surface area contributed by atoms with Gasteiger partial charge in [0.2, 0.25) is 5.91 Å². The highest BCUT2D eigenvalue weighted by Crippen LogP contribution is 2.15. The lowest BCUT2D eigenvalue weighted by Crippen LogP contribution is -2.37. The molecule has 1 fully saturated rings. The van der Waals surface area contributed by atoms with Crippen LogP contribution in [0.2, 0.25) is 0 Å². The summed E-state index contributed by atoms with van der Waals surface area (Å²) in [4.78, 5) is 30.3. The molecule has 2 amide bonds. The molecule has 1 aliphatic rings. The van der Waals surface area contributed by atoms with Gasteiger partial charge in [-0.05, 0) is 42.8 Å². The third-order valence-electron chi connectivity index (χ3n) is 4.68. The SMILES string of the molecule is Cc1ccccc1C(=O)N1CCCN(C(=O)CCc2cccs2)CC1. The molecule has 0 aliphatic carbocycles. The molecule has 132 valence electrons. The van der Waals surface area contributed by atoms with Gasteiger partial charge in [0.1, 0.15) is 0 Å². The molecule has 1 aliphatic heterocycles. The van der Waals surface area contributed by atoms with Gasteiger partial charge in [-0.15, -0.1) is 11.3 Å². The highest BCUT2D eigenvalue weighted by Gasteiger charge is 2.23. The van der Waals surface area contributed by atoms with E-state index in [4.69, 9.17) is 0 Å². The number of aryl methyl sites for hydroxylation is 2. The molecule has 0 bridgehead atoms. The average molecular weight is 356 g/mol. The van der Waals surface area contributed by atoms with Crippen LogP contribution in [0.1, 0.15) is 33.6 Å². The normalized spacial score (nSPS) is 15.1. The minimum absolute atomic E-state index is 0.0750. The molecule has 0 atom stereocenters. The Hall–Kier alpha value is -2.14. The van der Waals surface area contributed by atoms with E-state index in [0.29, 0.717) is 26.1 Å². The summed E-state index contributed by atoms with van der Waals surface area (Å²) in [6.45, 7) is 4.65. The van der Waals surface area contributed by atoms with Gasteiger partial charge in [0.15, 0.2) is 0 Å². The summed E-state index contributed by atoms with van der Waals surface area (Å²) in [6.07, 6.45) is 2.19. The Balaban J connectivity index is 1.56. The van der Waals surface area contributed by atoms with E-state index in [2.05, 4.69) is 6.07 Å². The molecule has 25 heavy (non-hydrogen) atoms. The number of rotatable bonds is 4. The van der Waals surface area contributed by atoms with Crippen molar-refractivity contribution in [1.29, 1.82) is 0 Å². The maximum atomic E-state index is 12.8. The predicted octanol–water partition coefficient (Wildman–Crippen LogP) is 3.36. The fourth-order valence-corrected chi connectivity index (χ4v) is 3.91. The van der Waals surface area contributed by atoms with Crippen LogP contribution in [0, 0.1) is 6.92 Å². The van der Waals surface area contributed by atoms with Crippen molar-refractivity contribution in [3.8, 4) is 0 Å². The van der Waals surface area contributed by atoms with Gasteiger partial charge in [-0.1, -0.05) is 24.3 Å². The fourth-order valence-electron chi connectivity index (χ4n) is 3.20. The lowest BCUT2D eigenvalue weighted by atomic mass is 10.1. The maximum absolute atomic E-state index is 12.8. The second-order valence-corrected chi connectivity index (χ2v) is 7.45. The standard InChI is InChI=1S/C20H24N2O2S/c1-16-6-2-3-8-18(16)20(24)22-12-5-11-21(13-14-22)19(23)10-9-17-7-4-15-25-17/h2-4,6-8,15H,5,9-14H2,1H3. The van der Waals surface area contributed by atoms with Crippen LogP contribution >= 0.6 is 11.3 Å². The van der Waals surface area contributed by atoms with E-state index in [1.165, 1.54) is 4.88 Å². The van der Waals surface area contributed by atoms with Crippen molar-refractivity contribution in [2.24, 2.45) is 0 Å². The first-order chi connectivity index (χ1) is 12.1. The largest absolute Gasteiger partial charge is 0.341 e. The number of carbonyl (C=O) groups excluding carboxylic acids is 2.